The number of ether oxygens (including phenoxy) is 1. The van der Waals surface area contributed by atoms with Gasteiger partial charge in [-0.2, -0.15) is 0 Å². The van der Waals surface area contributed by atoms with Gasteiger partial charge in [0.2, 0.25) is 0 Å². The van der Waals surface area contributed by atoms with E-state index >= 15 is 0 Å². The number of halogens is 1. The number of hydrogen-bond donors (Lipinski definition) is 2. The number of benzene rings is 3. The monoisotopic (exact) mass is 479 g/mol. The fourth-order valence-electron chi connectivity index (χ4n) is 4.04. The van der Waals surface area contributed by atoms with Crippen molar-refractivity contribution < 1.29 is 19.4 Å². The van der Waals surface area contributed by atoms with E-state index in [0.717, 1.165) is 32.3 Å². The van der Waals surface area contributed by atoms with Crippen LogP contribution in [-0.4, -0.2) is 29.3 Å². The lowest BCUT2D eigenvalue weighted by Crippen LogP contribution is -2.54. The maximum Gasteiger partial charge on any atom is 0.408 e. The summed E-state index contributed by atoms with van der Waals surface area (Å²) in [6.07, 6.45) is -0.608. The third kappa shape index (κ3) is 4.35. The van der Waals surface area contributed by atoms with E-state index in [-0.39, 0.29) is 18.9 Å². The molecular formula is C25H22BrNO4. The molecule has 4 rings (SSSR count). The second-order valence-corrected chi connectivity index (χ2v) is 8.81. The molecule has 6 heteroatoms. The zero-order chi connectivity index (χ0) is 22.0. The summed E-state index contributed by atoms with van der Waals surface area (Å²) in [4.78, 5) is 24.5. The molecule has 1 aliphatic rings. The van der Waals surface area contributed by atoms with E-state index in [4.69, 9.17) is 4.74 Å². The van der Waals surface area contributed by atoms with E-state index in [1.807, 2.05) is 60.7 Å². The predicted octanol–water partition coefficient (Wildman–Crippen LogP) is 5.37. The summed E-state index contributed by atoms with van der Waals surface area (Å²) < 4.78 is 6.42. The van der Waals surface area contributed by atoms with Crippen LogP contribution in [0.4, 0.5) is 4.79 Å². The number of hydrogen-bond acceptors (Lipinski definition) is 3. The molecule has 1 aliphatic carbocycles. The summed E-state index contributed by atoms with van der Waals surface area (Å²) in [5.41, 5.74) is 3.79. The highest BCUT2D eigenvalue weighted by Crippen LogP contribution is 2.44. The van der Waals surface area contributed by atoms with Crippen LogP contribution in [-0.2, 0) is 16.0 Å². The second-order valence-electron chi connectivity index (χ2n) is 7.89. The molecule has 0 heterocycles. The molecule has 158 valence electrons. The number of nitrogens with one attached hydrogen (secondary N) is 1. The van der Waals surface area contributed by atoms with Crippen LogP contribution in [0.15, 0.2) is 77.3 Å². The smallest absolute Gasteiger partial charge is 0.408 e. The molecule has 3 aromatic rings. The van der Waals surface area contributed by atoms with E-state index in [1.165, 1.54) is 6.92 Å². The lowest BCUT2D eigenvalue weighted by Gasteiger charge is -2.26. The number of amides is 1. The Balaban J connectivity index is 1.47. The van der Waals surface area contributed by atoms with Gasteiger partial charge < -0.3 is 15.2 Å². The Morgan fingerprint density at radius 3 is 2.06 bits per heavy atom. The van der Waals surface area contributed by atoms with Crippen LogP contribution in [0.2, 0.25) is 0 Å². The third-order valence-electron chi connectivity index (χ3n) is 5.66. The van der Waals surface area contributed by atoms with E-state index < -0.39 is 17.6 Å². The fraction of sp³-hybridized carbons (Fsp3) is 0.200. The minimum absolute atomic E-state index is 0.0827. The number of alkyl carbamates (subject to hydrolysis) is 1. The highest BCUT2D eigenvalue weighted by atomic mass is 79.9. The molecule has 0 aliphatic heterocycles. The number of rotatable bonds is 6. The van der Waals surface area contributed by atoms with Crippen molar-refractivity contribution in [3.63, 3.8) is 0 Å². The van der Waals surface area contributed by atoms with Crippen molar-refractivity contribution in [2.24, 2.45) is 0 Å². The van der Waals surface area contributed by atoms with Crippen molar-refractivity contribution in [3.8, 4) is 11.1 Å². The van der Waals surface area contributed by atoms with Crippen molar-refractivity contribution >= 4 is 28.0 Å². The van der Waals surface area contributed by atoms with Crippen LogP contribution in [0.3, 0.4) is 0 Å². The average molecular weight is 480 g/mol. The molecule has 0 unspecified atom stereocenters. The Morgan fingerprint density at radius 1 is 0.968 bits per heavy atom. The Labute approximate surface area is 189 Å². The van der Waals surface area contributed by atoms with Gasteiger partial charge in [-0.25, -0.2) is 9.59 Å². The van der Waals surface area contributed by atoms with Gasteiger partial charge in [0.25, 0.3) is 0 Å². The molecule has 0 saturated heterocycles. The highest BCUT2D eigenvalue weighted by molar-refractivity contribution is 9.10. The molecule has 1 amide bonds. The molecule has 0 saturated carbocycles. The standard InChI is InChI=1S/C25H22BrNO4/c1-25(23(28)29,14-16-10-12-17(26)13-11-16)27-24(30)31-15-22-20-8-4-2-6-18(20)19-7-3-5-9-21(19)22/h2-13,22H,14-15H2,1H3,(H,27,30)(H,28,29)/t25-/m1/s1. The molecule has 2 N–H and O–H groups in total. The van der Waals surface area contributed by atoms with Crippen molar-refractivity contribution in [3.05, 3.63) is 94.0 Å². The maximum atomic E-state index is 12.6. The lowest BCUT2D eigenvalue weighted by atomic mass is 9.93. The van der Waals surface area contributed by atoms with Gasteiger partial charge in [-0.05, 0) is 46.9 Å². The first-order valence-corrected chi connectivity index (χ1v) is 10.8. The number of carboxylic acid groups (broad SMARTS) is 1. The van der Waals surface area contributed by atoms with Crippen LogP contribution in [0.5, 0.6) is 0 Å². The fourth-order valence-corrected chi connectivity index (χ4v) is 4.31. The number of carboxylic acids is 1. The van der Waals surface area contributed by atoms with E-state index in [2.05, 4.69) is 33.4 Å². The predicted molar refractivity (Wildman–Crippen MR) is 122 cm³/mol. The van der Waals surface area contributed by atoms with E-state index in [9.17, 15) is 14.7 Å². The van der Waals surface area contributed by atoms with Gasteiger partial charge in [0.15, 0.2) is 0 Å². The molecule has 0 bridgehead atoms. The van der Waals surface area contributed by atoms with Crippen molar-refractivity contribution in [2.75, 3.05) is 6.61 Å². The summed E-state index contributed by atoms with van der Waals surface area (Å²) in [6.45, 7) is 1.62. The third-order valence-corrected chi connectivity index (χ3v) is 6.19. The molecule has 0 spiro atoms. The van der Waals surface area contributed by atoms with Crippen LogP contribution in [0, 0.1) is 0 Å². The van der Waals surface area contributed by atoms with Crippen molar-refractivity contribution in [2.45, 2.75) is 24.8 Å². The molecule has 1 atom stereocenters. The van der Waals surface area contributed by atoms with Crippen molar-refractivity contribution in [1.82, 2.24) is 5.32 Å². The summed E-state index contributed by atoms with van der Waals surface area (Å²) in [5, 5.41) is 12.3. The van der Waals surface area contributed by atoms with Crippen LogP contribution in [0.25, 0.3) is 11.1 Å². The number of carbonyl (C=O) groups excluding carboxylic acids is 1. The molecule has 5 nitrogen and oxygen atoms in total. The summed E-state index contributed by atoms with van der Waals surface area (Å²) in [6, 6.07) is 23.5. The van der Waals surface area contributed by atoms with Gasteiger partial charge in [0, 0.05) is 16.8 Å². The zero-order valence-corrected chi connectivity index (χ0v) is 18.6. The number of carbonyl (C=O) groups is 2. The second kappa shape index (κ2) is 8.55. The van der Waals surface area contributed by atoms with E-state index in [1.54, 1.807) is 0 Å². The van der Waals surface area contributed by atoms with Crippen LogP contribution in [0.1, 0.15) is 29.5 Å². The summed E-state index contributed by atoms with van der Waals surface area (Å²) in [7, 11) is 0. The molecule has 0 fully saturated rings. The normalized spacial score (nSPS) is 14.3. The lowest BCUT2D eigenvalue weighted by molar-refractivity contribution is -0.143. The summed E-state index contributed by atoms with van der Waals surface area (Å²) >= 11 is 3.36. The molecule has 31 heavy (non-hydrogen) atoms. The molecule has 0 aromatic heterocycles. The minimum atomic E-state index is -1.49. The van der Waals surface area contributed by atoms with Gasteiger partial charge in [-0.15, -0.1) is 0 Å². The van der Waals surface area contributed by atoms with Gasteiger partial charge in [0.1, 0.15) is 12.1 Å². The minimum Gasteiger partial charge on any atom is -0.480 e. The SMILES string of the molecule is C[C@](Cc1ccc(Br)cc1)(NC(=O)OCC1c2ccccc2-c2ccccc21)C(=O)O. The molecule has 0 radical (unpaired) electrons. The Hall–Kier alpha value is -3.12. The topological polar surface area (TPSA) is 75.6 Å². The molecular weight excluding hydrogens is 458 g/mol. The number of fused-ring (bicyclic) bond motifs is 3. The Morgan fingerprint density at radius 2 is 1.52 bits per heavy atom. The van der Waals surface area contributed by atoms with E-state index in [0.29, 0.717) is 0 Å². The van der Waals surface area contributed by atoms with Gasteiger partial charge in [0.05, 0.1) is 0 Å². The summed E-state index contributed by atoms with van der Waals surface area (Å²) in [5.74, 6) is -1.20. The average Bonchev–Trinajstić information content (AvgIpc) is 3.08. The van der Waals surface area contributed by atoms with Crippen LogP contribution >= 0.6 is 15.9 Å². The quantitative estimate of drug-likeness (QED) is 0.497. The zero-order valence-electron chi connectivity index (χ0n) is 17.0. The highest BCUT2D eigenvalue weighted by Gasteiger charge is 2.36. The largest absolute Gasteiger partial charge is 0.480 e. The molecule has 3 aromatic carbocycles. The van der Waals surface area contributed by atoms with Gasteiger partial charge in [-0.1, -0.05) is 76.6 Å². The Kier molecular flexibility index (Phi) is 5.83. The number of aliphatic carboxylic acids is 1. The first-order valence-electron chi connectivity index (χ1n) is 9.98. The van der Waals surface area contributed by atoms with Gasteiger partial charge >= 0.3 is 12.1 Å². The first-order chi connectivity index (χ1) is 14.9. The Bertz CT molecular complexity index is 1080. The van der Waals surface area contributed by atoms with Gasteiger partial charge in [-0.3, -0.25) is 0 Å². The van der Waals surface area contributed by atoms with Crippen molar-refractivity contribution in [1.29, 1.82) is 0 Å². The maximum absolute atomic E-state index is 12.6. The van der Waals surface area contributed by atoms with Crippen LogP contribution < -0.4 is 5.32 Å². The first kappa shape index (κ1) is 21.1.